The zero-order chi connectivity index (χ0) is 13.0. The lowest BCUT2D eigenvalue weighted by Gasteiger charge is -2.18. The SMILES string of the molecule is Cc1cccc(CNCC2CCCC2CO)c1O. The van der Waals surface area contributed by atoms with Gasteiger partial charge in [0.1, 0.15) is 5.75 Å². The maximum absolute atomic E-state index is 9.91. The molecule has 3 nitrogen and oxygen atoms in total. The van der Waals surface area contributed by atoms with Crippen LogP contribution in [0, 0.1) is 18.8 Å². The summed E-state index contributed by atoms with van der Waals surface area (Å²) in [6.45, 7) is 3.85. The smallest absolute Gasteiger partial charge is 0.122 e. The van der Waals surface area contributed by atoms with Gasteiger partial charge in [-0.05, 0) is 43.7 Å². The quantitative estimate of drug-likeness (QED) is 0.750. The Morgan fingerprint density at radius 3 is 2.83 bits per heavy atom. The average Bonchev–Trinajstić information content (AvgIpc) is 2.82. The Hall–Kier alpha value is -1.06. The predicted octanol–water partition coefficient (Wildman–Crippen LogP) is 2.20. The number of nitrogens with one attached hydrogen (secondary N) is 1. The molecule has 3 heteroatoms. The molecule has 0 heterocycles. The average molecular weight is 249 g/mol. The minimum absolute atomic E-state index is 0.308. The number of phenolic OH excluding ortho intramolecular Hbond substituents is 1. The molecule has 1 aliphatic rings. The van der Waals surface area contributed by atoms with Gasteiger partial charge in [-0.3, -0.25) is 0 Å². The Morgan fingerprint density at radius 1 is 1.28 bits per heavy atom. The van der Waals surface area contributed by atoms with Crippen molar-refractivity contribution < 1.29 is 10.2 Å². The summed E-state index contributed by atoms with van der Waals surface area (Å²) >= 11 is 0. The van der Waals surface area contributed by atoms with Crippen LogP contribution in [-0.2, 0) is 6.54 Å². The number of hydrogen-bond donors (Lipinski definition) is 3. The van der Waals surface area contributed by atoms with Crippen LogP contribution < -0.4 is 5.32 Å². The molecule has 3 N–H and O–H groups in total. The number of para-hydroxylation sites is 1. The normalized spacial score (nSPS) is 23.4. The zero-order valence-electron chi connectivity index (χ0n) is 11.0. The highest BCUT2D eigenvalue weighted by Crippen LogP contribution is 2.30. The molecular formula is C15H23NO2. The lowest BCUT2D eigenvalue weighted by atomic mass is 9.97. The molecule has 2 atom stereocenters. The lowest BCUT2D eigenvalue weighted by molar-refractivity contribution is 0.192. The molecule has 1 saturated carbocycles. The molecule has 2 unspecified atom stereocenters. The first-order valence-corrected chi connectivity index (χ1v) is 6.81. The summed E-state index contributed by atoms with van der Waals surface area (Å²) in [6, 6.07) is 5.84. The topological polar surface area (TPSA) is 52.5 Å². The number of hydrogen-bond acceptors (Lipinski definition) is 3. The maximum Gasteiger partial charge on any atom is 0.122 e. The Kier molecular flexibility index (Phi) is 4.61. The van der Waals surface area contributed by atoms with Crippen LogP contribution in [0.4, 0.5) is 0 Å². The van der Waals surface area contributed by atoms with E-state index in [0.717, 1.165) is 24.1 Å². The van der Waals surface area contributed by atoms with E-state index in [-0.39, 0.29) is 0 Å². The van der Waals surface area contributed by atoms with Gasteiger partial charge >= 0.3 is 0 Å². The van der Waals surface area contributed by atoms with Gasteiger partial charge in [0.05, 0.1) is 0 Å². The van der Waals surface area contributed by atoms with Crippen LogP contribution in [0.2, 0.25) is 0 Å². The molecular weight excluding hydrogens is 226 g/mol. The maximum atomic E-state index is 9.91. The van der Waals surface area contributed by atoms with Gasteiger partial charge in [0.2, 0.25) is 0 Å². The standard InChI is InChI=1S/C15H23NO2/c1-11-4-2-6-13(15(11)18)9-16-8-12-5-3-7-14(12)10-17/h2,4,6,12,14,16-18H,3,5,7-10H2,1H3. The van der Waals surface area contributed by atoms with E-state index in [0.29, 0.717) is 30.7 Å². The van der Waals surface area contributed by atoms with E-state index in [1.54, 1.807) is 0 Å². The van der Waals surface area contributed by atoms with Crippen LogP contribution in [0.25, 0.3) is 0 Å². The van der Waals surface area contributed by atoms with Crippen LogP contribution in [0.1, 0.15) is 30.4 Å². The summed E-state index contributed by atoms with van der Waals surface area (Å²) in [6.07, 6.45) is 3.59. The van der Waals surface area contributed by atoms with Crippen molar-refractivity contribution in [1.82, 2.24) is 5.32 Å². The molecule has 1 aromatic carbocycles. The van der Waals surface area contributed by atoms with E-state index in [1.807, 2.05) is 25.1 Å². The van der Waals surface area contributed by atoms with E-state index >= 15 is 0 Å². The molecule has 0 radical (unpaired) electrons. The van der Waals surface area contributed by atoms with Crippen LogP contribution >= 0.6 is 0 Å². The number of rotatable bonds is 5. The van der Waals surface area contributed by atoms with Gasteiger partial charge < -0.3 is 15.5 Å². The van der Waals surface area contributed by atoms with Crippen LogP contribution in [-0.4, -0.2) is 23.4 Å². The summed E-state index contributed by atoms with van der Waals surface area (Å²) in [5.74, 6) is 1.45. The van der Waals surface area contributed by atoms with Crippen molar-refractivity contribution in [2.45, 2.75) is 32.7 Å². The summed E-state index contributed by atoms with van der Waals surface area (Å²) < 4.78 is 0. The second kappa shape index (κ2) is 6.21. The lowest BCUT2D eigenvalue weighted by Crippen LogP contribution is -2.26. The highest BCUT2D eigenvalue weighted by atomic mass is 16.3. The summed E-state index contributed by atoms with van der Waals surface area (Å²) in [5.41, 5.74) is 1.87. The van der Waals surface area contributed by atoms with Crippen molar-refractivity contribution in [3.63, 3.8) is 0 Å². The molecule has 0 aliphatic heterocycles. The molecule has 2 rings (SSSR count). The van der Waals surface area contributed by atoms with E-state index in [9.17, 15) is 10.2 Å². The van der Waals surface area contributed by atoms with Crippen LogP contribution in [0.3, 0.4) is 0 Å². The number of benzene rings is 1. The van der Waals surface area contributed by atoms with E-state index in [2.05, 4.69) is 5.32 Å². The molecule has 1 aromatic rings. The minimum Gasteiger partial charge on any atom is -0.507 e. The second-order valence-electron chi connectivity index (χ2n) is 5.35. The Bertz CT molecular complexity index is 392. The van der Waals surface area contributed by atoms with Crippen LogP contribution in [0.15, 0.2) is 18.2 Å². The van der Waals surface area contributed by atoms with E-state index in [4.69, 9.17) is 0 Å². The third-order valence-corrected chi connectivity index (χ3v) is 4.09. The minimum atomic E-state index is 0.308. The monoisotopic (exact) mass is 249 g/mol. The van der Waals surface area contributed by atoms with Crippen molar-refractivity contribution in [3.8, 4) is 5.75 Å². The third kappa shape index (κ3) is 3.03. The predicted molar refractivity (Wildman–Crippen MR) is 72.5 cm³/mol. The number of aliphatic hydroxyl groups is 1. The van der Waals surface area contributed by atoms with Crippen molar-refractivity contribution >= 4 is 0 Å². The Balaban J connectivity index is 1.83. The van der Waals surface area contributed by atoms with Gasteiger partial charge in [0.15, 0.2) is 0 Å². The molecule has 1 fully saturated rings. The zero-order valence-corrected chi connectivity index (χ0v) is 11.0. The fraction of sp³-hybridized carbons (Fsp3) is 0.600. The number of aromatic hydroxyl groups is 1. The van der Waals surface area contributed by atoms with Crippen molar-refractivity contribution in [2.24, 2.45) is 11.8 Å². The van der Waals surface area contributed by atoms with Crippen molar-refractivity contribution in [3.05, 3.63) is 29.3 Å². The molecule has 0 aromatic heterocycles. The van der Waals surface area contributed by atoms with Gasteiger partial charge in [0.25, 0.3) is 0 Å². The van der Waals surface area contributed by atoms with Gasteiger partial charge in [-0.1, -0.05) is 24.6 Å². The van der Waals surface area contributed by atoms with E-state index < -0.39 is 0 Å². The second-order valence-corrected chi connectivity index (χ2v) is 5.35. The van der Waals surface area contributed by atoms with Crippen molar-refractivity contribution in [1.29, 1.82) is 0 Å². The molecule has 0 spiro atoms. The van der Waals surface area contributed by atoms with Gasteiger partial charge in [0, 0.05) is 18.7 Å². The number of aliphatic hydroxyl groups excluding tert-OH is 1. The summed E-state index contributed by atoms with van der Waals surface area (Å²) in [4.78, 5) is 0. The third-order valence-electron chi connectivity index (χ3n) is 4.09. The molecule has 0 amide bonds. The molecule has 0 bridgehead atoms. The highest BCUT2D eigenvalue weighted by Gasteiger charge is 2.25. The largest absolute Gasteiger partial charge is 0.507 e. The van der Waals surface area contributed by atoms with E-state index in [1.165, 1.54) is 12.8 Å². The molecule has 0 saturated heterocycles. The highest BCUT2D eigenvalue weighted by molar-refractivity contribution is 5.39. The van der Waals surface area contributed by atoms with Gasteiger partial charge in [-0.2, -0.15) is 0 Å². The number of phenols is 1. The van der Waals surface area contributed by atoms with Crippen molar-refractivity contribution in [2.75, 3.05) is 13.2 Å². The number of aryl methyl sites for hydroxylation is 1. The van der Waals surface area contributed by atoms with Gasteiger partial charge in [-0.15, -0.1) is 0 Å². The first-order valence-electron chi connectivity index (χ1n) is 6.81. The first kappa shape index (κ1) is 13.4. The summed E-state index contributed by atoms with van der Waals surface area (Å²) in [7, 11) is 0. The molecule has 100 valence electrons. The fourth-order valence-corrected chi connectivity index (χ4v) is 2.88. The molecule has 18 heavy (non-hydrogen) atoms. The fourth-order valence-electron chi connectivity index (χ4n) is 2.88. The van der Waals surface area contributed by atoms with Gasteiger partial charge in [-0.25, -0.2) is 0 Å². The van der Waals surface area contributed by atoms with Crippen LogP contribution in [0.5, 0.6) is 5.75 Å². The first-order chi connectivity index (χ1) is 8.72. The Morgan fingerprint density at radius 2 is 2.06 bits per heavy atom. The molecule has 1 aliphatic carbocycles. The Labute approximate surface area is 109 Å². The summed E-state index contributed by atoms with van der Waals surface area (Å²) in [5, 5.41) is 22.6.